The molecule has 0 spiro atoms. The predicted molar refractivity (Wildman–Crippen MR) is 157 cm³/mol. The molecule has 4 aromatic rings. The molecule has 7 nitrogen and oxygen atoms in total. The van der Waals surface area contributed by atoms with E-state index in [4.69, 9.17) is 8.84 Å². The van der Waals surface area contributed by atoms with Gasteiger partial charge in [-0.05, 0) is 48.0 Å². The maximum Gasteiger partial charge on any atom is 0.449 e. The van der Waals surface area contributed by atoms with E-state index in [-0.39, 0.29) is 45.7 Å². The van der Waals surface area contributed by atoms with Crippen LogP contribution in [0, 0.1) is 5.82 Å². The van der Waals surface area contributed by atoms with Gasteiger partial charge in [-0.3, -0.25) is 0 Å². The number of anilines is 1. The number of benzene rings is 2. The van der Waals surface area contributed by atoms with Gasteiger partial charge < -0.3 is 19.3 Å². The number of aromatic nitrogens is 2. The van der Waals surface area contributed by atoms with Crippen LogP contribution in [-0.2, 0) is 17.4 Å². The summed E-state index contributed by atoms with van der Waals surface area (Å²) < 4.78 is 65.7. The first-order chi connectivity index (χ1) is 20.0. The Kier molecular flexibility index (Phi) is 8.81. The van der Waals surface area contributed by atoms with Crippen LogP contribution in [-0.4, -0.2) is 29.4 Å². The van der Waals surface area contributed by atoms with Crippen LogP contribution in [0.15, 0.2) is 77.0 Å². The molecule has 226 valence electrons. The van der Waals surface area contributed by atoms with Gasteiger partial charge in [0, 0.05) is 18.1 Å². The second-order valence-corrected chi connectivity index (χ2v) is 16.1. The highest BCUT2D eigenvalue weighted by molar-refractivity contribution is 6.74. The molecule has 0 aliphatic rings. The molecule has 0 amide bonds. The number of carboxylic acids is 1. The van der Waals surface area contributed by atoms with Crippen molar-refractivity contribution in [2.24, 2.45) is 0 Å². The van der Waals surface area contributed by atoms with Gasteiger partial charge in [0.15, 0.2) is 11.6 Å². The Bertz CT molecular complexity index is 1640. The largest absolute Gasteiger partial charge is 0.542 e. The molecule has 43 heavy (non-hydrogen) atoms. The van der Waals surface area contributed by atoms with E-state index in [1.807, 2.05) is 43.4 Å². The lowest BCUT2D eigenvalue weighted by Crippen LogP contribution is -2.44. The summed E-state index contributed by atoms with van der Waals surface area (Å²) in [4.78, 5) is 21.0. The van der Waals surface area contributed by atoms with Gasteiger partial charge in [-0.15, -0.1) is 0 Å². The zero-order chi connectivity index (χ0) is 31.6. The van der Waals surface area contributed by atoms with Crippen molar-refractivity contribution in [2.75, 3.05) is 5.32 Å². The van der Waals surface area contributed by atoms with Crippen molar-refractivity contribution in [3.05, 3.63) is 101 Å². The van der Waals surface area contributed by atoms with Crippen molar-refractivity contribution < 1.29 is 36.3 Å². The first-order valence-electron chi connectivity index (χ1n) is 13.3. The highest BCUT2D eigenvalue weighted by Crippen LogP contribution is 2.39. The van der Waals surface area contributed by atoms with E-state index in [1.54, 1.807) is 18.2 Å². The van der Waals surface area contributed by atoms with Gasteiger partial charge >= 0.3 is 12.1 Å². The van der Waals surface area contributed by atoms with Crippen molar-refractivity contribution >= 4 is 26.2 Å². The average molecular weight is 614 g/mol. The Hall–Kier alpha value is -4.45. The standard InChI is InChI=1S/C31H31F4N3O4Si/c1-30(2,3)43(4,5)42-25-13-9-12-21(27(25)32)24-18-36-28(22(37-24)16-19-10-7-6-8-11-19)38-23(29(39)40)17-20-14-15-26(41-20)31(33,34)35/h6-15,17-18H,16H2,1-5H3,(H,36,38)(H,39,40)/b23-17-. The summed E-state index contributed by atoms with van der Waals surface area (Å²) in [6, 6.07) is 15.6. The van der Waals surface area contributed by atoms with Gasteiger partial charge in [-0.25, -0.2) is 19.2 Å². The average Bonchev–Trinajstić information content (AvgIpc) is 3.40. The Labute approximate surface area is 247 Å². The summed E-state index contributed by atoms with van der Waals surface area (Å²) in [6.07, 6.45) is -2.33. The summed E-state index contributed by atoms with van der Waals surface area (Å²) in [5.74, 6) is -3.53. The van der Waals surface area contributed by atoms with E-state index in [0.29, 0.717) is 6.07 Å². The first kappa shape index (κ1) is 31.5. The SMILES string of the molecule is CC(C)(C)[Si](C)(C)Oc1cccc(-c2cnc(N/C(=C\c3ccc(C(F)(F)F)o3)C(=O)O)c(Cc3ccccc3)n2)c1F. The molecule has 2 heterocycles. The smallest absolute Gasteiger partial charge is 0.449 e. The molecule has 0 saturated carbocycles. The fourth-order valence-corrected chi connectivity index (χ4v) is 4.81. The molecule has 0 fully saturated rings. The zero-order valence-corrected chi connectivity index (χ0v) is 25.2. The second-order valence-electron chi connectivity index (χ2n) is 11.4. The van der Waals surface area contributed by atoms with E-state index in [1.165, 1.54) is 6.20 Å². The van der Waals surface area contributed by atoms with Gasteiger partial charge in [0.25, 0.3) is 8.32 Å². The summed E-state index contributed by atoms with van der Waals surface area (Å²) in [5.41, 5.74) is 0.927. The van der Waals surface area contributed by atoms with Gasteiger partial charge in [-0.2, -0.15) is 13.2 Å². The number of aliphatic carboxylic acids is 1. The third kappa shape index (κ3) is 7.50. The van der Waals surface area contributed by atoms with Gasteiger partial charge in [-0.1, -0.05) is 57.2 Å². The molecule has 12 heteroatoms. The molecule has 0 aliphatic carbocycles. The molecular weight excluding hydrogens is 582 g/mol. The summed E-state index contributed by atoms with van der Waals surface area (Å²) in [7, 11) is -2.36. The number of halogens is 4. The summed E-state index contributed by atoms with van der Waals surface area (Å²) >= 11 is 0. The van der Waals surface area contributed by atoms with Crippen molar-refractivity contribution in [3.8, 4) is 17.0 Å². The number of nitrogens with one attached hydrogen (secondary N) is 1. The van der Waals surface area contributed by atoms with Gasteiger partial charge in [0.1, 0.15) is 17.2 Å². The van der Waals surface area contributed by atoms with E-state index in [2.05, 4.69) is 36.1 Å². The number of hydrogen-bond acceptors (Lipinski definition) is 6. The normalized spacial score (nSPS) is 12.7. The number of hydrogen-bond donors (Lipinski definition) is 2. The molecule has 0 unspecified atom stereocenters. The topological polar surface area (TPSA) is 97.5 Å². The third-order valence-corrected chi connectivity index (χ3v) is 11.5. The number of alkyl halides is 3. The molecule has 0 radical (unpaired) electrons. The lowest BCUT2D eigenvalue weighted by molar-refractivity contribution is -0.153. The Morgan fingerprint density at radius 2 is 1.74 bits per heavy atom. The fourth-order valence-electron chi connectivity index (χ4n) is 3.79. The number of rotatable bonds is 9. The second kappa shape index (κ2) is 12.0. The number of carboxylic acid groups (broad SMARTS) is 1. The minimum atomic E-state index is -4.73. The van der Waals surface area contributed by atoms with Gasteiger partial charge in [0.05, 0.1) is 17.6 Å². The maximum atomic E-state index is 15.8. The van der Waals surface area contributed by atoms with Crippen LogP contribution in [0.4, 0.5) is 23.4 Å². The van der Waals surface area contributed by atoms with Crippen LogP contribution in [0.1, 0.15) is 43.5 Å². The monoisotopic (exact) mass is 613 g/mol. The number of nitrogens with zero attached hydrogens (tertiary/aromatic N) is 2. The van der Waals surface area contributed by atoms with E-state index in [9.17, 15) is 23.1 Å². The lowest BCUT2D eigenvalue weighted by Gasteiger charge is -2.36. The quantitative estimate of drug-likeness (QED) is 0.111. The zero-order valence-electron chi connectivity index (χ0n) is 24.2. The predicted octanol–water partition coefficient (Wildman–Crippen LogP) is 8.41. The lowest BCUT2D eigenvalue weighted by atomic mass is 10.1. The van der Waals surface area contributed by atoms with Crippen LogP contribution >= 0.6 is 0 Å². The van der Waals surface area contributed by atoms with Crippen molar-refractivity contribution in [2.45, 2.75) is 51.5 Å². The van der Waals surface area contributed by atoms with Crippen LogP contribution < -0.4 is 9.74 Å². The molecular formula is C31H31F4N3O4Si. The molecule has 2 N–H and O–H groups in total. The first-order valence-corrected chi connectivity index (χ1v) is 16.2. The van der Waals surface area contributed by atoms with Crippen LogP contribution in [0.2, 0.25) is 18.1 Å². The van der Waals surface area contributed by atoms with Crippen molar-refractivity contribution in [1.29, 1.82) is 0 Å². The molecule has 2 aromatic heterocycles. The van der Waals surface area contributed by atoms with Crippen molar-refractivity contribution in [1.82, 2.24) is 9.97 Å². The molecule has 2 aromatic carbocycles. The Morgan fingerprint density at radius 3 is 2.35 bits per heavy atom. The van der Waals surface area contributed by atoms with E-state index >= 15 is 4.39 Å². The Balaban J connectivity index is 1.75. The molecule has 0 atom stereocenters. The third-order valence-electron chi connectivity index (χ3n) is 7.15. The molecule has 0 saturated heterocycles. The summed E-state index contributed by atoms with van der Waals surface area (Å²) in [6.45, 7) is 10.2. The minimum Gasteiger partial charge on any atom is -0.542 e. The van der Waals surface area contributed by atoms with Gasteiger partial charge in [0.2, 0.25) is 5.76 Å². The highest BCUT2D eigenvalue weighted by Gasteiger charge is 2.39. The number of carbonyl (C=O) groups is 1. The minimum absolute atomic E-state index is 0.0259. The maximum absolute atomic E-state index is 15.8. The van der Waals surface area contributed by atoms with E-state index < -0.39 is 37.7 Å². The highest BCUT2D eigenvalue weighted by atomic mass is 28.4. The van der Waals surface area contributed by atoms with Crippen molar-refractivity contribution in [3.63, 3.8) is 0 Å². The molecule has 0 bridgehead atoms. The fraction of sp³-hybridized carbons (Fsp3) is 0.258. The van der Waals surface area contributed by atoms with Crippen LogP contribution in [0.25, 0.3) is 17.3 Å². The Morgan fingerprint density at radius 1 is 1.05 bits per heavy atom. The van der Waals surface area contributed by atoms with E-state index in [0.717, 1.165) is 17.7 Å². The molecule has 4 rings (SSSR count). The van der Waals surface area contributed by atoms with Crippen LogP contribution in [0.5, 0.6) is 5.75 Å². The number of furan rings is 1. The summed E-state index contributed by atoms with van der Waals surface area (Å²) in [5, 5.41) is 12.3. The van der Waals surface area contributed by atoms with Crippen LogP contribution in [0.3, 0.4) is 0 Å². The molecule has 0 aliphatic heterocycles.